The highest BCUT2D eigenvalue weighted by Gasteiger charge is 2.35. The molecule has 0 saturated carbocycles. The molecule has 0 aromatic carbocycles. The molecule has 0 aliphatic heterocycles. The van der Waals surface area contributed by atoms with Gasteiger partial charge in [-0.2, -0.15) is 0 Å². The minimum Gasteiger partial charge on any atom is -0.480 e. The summed E-state index contributed by atoms with van der Waals surface area (Å²) in [4.78, 5) is 105. The van der Waals surface area contributed by atoms with Gasteiger partial charge in [0.05, 0.1) is 12.1 Å². The van der Waals surface area contributed by atoms with Gasteiger partial charge in [-0.3, -0.25) is 43.7 Å². The van der Waals surface area contributed by atoms with E-state index in [1.54, 1.807) is 0 Å². The molecule has 8 atom stereocenters. The van der Waals surface area contributed by atoms with Crippen LogP contribution < -0.4 is 83.5 Å². The summed E-state index contributed by atoms with van der Waals surface area (Å²) in [5, 5.41) is 35.6. The van der Waals surface area contributed by atoms with Crippen molar-refractivity contribution in [1.29, 1.82) is 0 Å². The second kappa shape index (κ2) is 32.6. The molecule has 0 bridgehead atoms. The Morgan fingerprint density at radius 1 is 0.453 bits per heavy atom. The molecule has 0 rings (SSSR count). The number of aliphatic imine (C=N–C) groups is 3. The number of aliphatic carboxylic acids is 1. The fourth-order valence-electron chi connectivity index (χ4n) is 5.87. The van der Waals surface area contributed by atoms with Gasteiger partial charge in [0.25, 0.3) is 0 Å². The van der Waals surface area contributed by atoms with Gasteiger partial charge in [0.2, 0.25) is 35.4 Å². The van der Waals surface area contributed by atoms with Gasteiger partial charge in [-0.25, -0.2) is 4.79 Å². The molecule has 0 unspecified atom stereocenters. The lowest BCUT2D eigenvalue weighted by molar-refractivity contribution is -0.142. The van der Waals surface area contributed by atoms with E-state index in [1.807, 2.05) is 0 Å². The lowest BCUT2D eigenvalue weighted by Gasteiger charge is -2.28. The molecule has 0 aromatic heterocycles. The Morgan fingerprint density at radius 3 is 1.06 bits per heavy atom. The molecule has 6 amide bonds. The van der Waals surface area contributed by atoms with E-state index in [1.165, 1.54) is 13.8 Å². The summed E-state index contributed by atoms with van der Waals surface area (Å²) >= 11 is 0. The van der Waals surface area contributed by atoms with Crippen LogP contribution >= 0.6 is 0 Å². The first-order valence-corrected chi connectivity index (χ1v) is 21.2. The van der Waals surface area contributed by atoms with Gasteiger partial charge in [-0.15, -0.1) is 0 Å². The maximum atomic E-state index is 14.0. The van der Waals surface area contributed by atoms with Crippen molar-refractivity contribution in [2.75, 3.05) is 32.7 Å². The number of unbranched alkanes of at least 4 members (excludes halogenated alkanes) is 2. The minimum absolute atomic E-state index is 0.0121. The summed E-state index contributed by atoms with van der Waals surface area (Å²) in [7, 11) is 0. The Labute approximate surface area is 373 Å². The second-order valence-corrected chi connectivity index (χ2v) is 15.1. The van der Waals surface area contributed by atoms with Gasteiger partial charge < -0.3 is 93.7 Å². The molecule has 366 valence electrons. The molecular weight excluding hydrogens is 841 g/mol. The van der Waals surface area contributed by atoms with Crippen molar-refractivity contribution < 1.29 is 43.8 Å². The maximum Gasteiger partial charge on any atom is 0.326 e. The Kier molecular flexibility index (Phi) is 29.5. The van der Waals surface area contributed by atoms with Crippen LogP contribution in [0.25, 0.3) is 0 Å². The molecular formula is C37H74N18O9. The summed E-state index contributed by atoms with van der Waals surface area (Å²) in [6.07, 6.45) is 0.677. The zero-order valence-corrected chi connectivity index (χ0v) is 36.9. The third kappa shape index (κ3) is 25.8. The summed E-state index contributed by atoms with van der Waals surface area (Å²) < 4.78 is 0. The van der Waals surface area contributed by atoms with Crippen LogP contribution in [0, 0.1) is 0 Å². The molecule has 27 nitrogen and oxygen atoms in total. The predicted molar refractivity (Wildman–Crippen MR) is 240 cm³/mol. The Balaban J connectivity index is 6.61. The predicted octanol–water partition coefficient (Wildman–Crippen LogP) is -6.87. The summed E-state index contributed by atoms with van der Waals surface area (Å²) in [5.74, 6) is -6.98. The number of hydrogen-bond acceptors (Lipinski definition) is 14. The molecule has 27 heteroatoms. The summed E-state index contributed by atoms with van der Waals surface area (Å²) in [6.45, 7) is 3.42. The number of carbonyl (C=O) groups is 7. The van der Waals surface area contributed by atoms with Crippen molar-refractivity contribution in [1.82, 2.24) is 31.9 Å². The fourth-order valence-corrected chi connectivity index (χ4v) is 5.87. The van der Waals surface area contributed by atoms with Crippen molar-refractivity contribution in [3.05, 3.63) is 0 Å². The van der Waals surface area contributed by atoms with Crippen LogP contribution in [0.5, 0.6) is 0 Å². The average molecular weight is 915 g/mol. The first kappa shape index (κ1) is 57.9. The minimum atomic E-state index is -1.71. The molecule has 64 heavy (non-hydrogen) atoms. The van der Waals surface area contributed by atoms with Crippen molar-refractivity contribution in [3.63, 3.8) is 0 Å². The van der Waals surface area contributed by atoms with E-state index in [2.05, 4.69) is 46.9 Å². The zero-order valence-electron chi connectivity index (χ0n) is 36.9. The number of aliphatic hydroxyl groups is 1. The Hall–Kier alpha value is -6.06. The van der Waals surface area contributed by atoms with E-state index in [0.717, 1.165) is 0 Å². The molecule has 0 spiro atoms. The number of nitrogens with zero attached hydrogens (tertiary/aromatic N) is 3. The normalized spacial score (nSPS) is 14.6. The van der Waals surface area contributed by atoms with Gasteiger partial charge in [0.1, 0.15) is 36.3 Å². The smallest absolute Gasteiger partial charge is 0.326 e. The van der Waals surface area contributed by atoms with Gasteiger partial charge in [-0.1, -0.05) is 0 Å². The van der Waals surface area contributed by atoms with Crippen molar-refractivity contribution in [2.45, 2.75) is 139 Å². The molecule has 0 aliphatic carbocycles. The standard InChI is InChI=1S/C37H74N18O9/c1-20(40)28(57)50-22(10-3-5-15-38)29(58)51-24(12-7-17-47-35(41)42)30(59)52-25(13-8-18-48-36(43)44)32(61)55-27(21(2)56)33(62)53-23(11-4-6-16-39)31(60)54-26(34(63)64)14-9-19-49-37(45)46/h20-27,56H,3-19,38-40H2,1-2H3,(H,50,57)(H,51,58)(H,52,59)(H,53,62)(H,54,60)(H,55,61)(H,63,64)(H4,41,42,47)(H4,43,44,48)(H4,45,46,49)/t20-,21+,22-,23-,24-,25-,26-,27-/m0/s1. The van der Waals surface area contributed by atoms with Crippen LogP contribution in [0.2, 0.25) is 0 Å². The number of rotatable bonds is 34. The monoisotopic (exact) mass is 915 g/mol. The van der Waals surface area contributed by atoms with Crippen LogP contribution in [-0.4, -0.2) is 151 Å². The van der Waals surface area contributed by atoms with E-state index >= 15 is 0 Å². The SMILES string of the molecule is C[C@H](N)C(=O)N[C@@H](CCCCN)C(=O)N[C@@H](CCCN=C(N)N)C(=O)N[C@@H](CCCN=C(N)N)C(=O)N[C@H](C(=O)N[C@@H](CCCCN)C(=O)N[C@@H](CCCN=C(N)N)C(=O)O)[C@@H](C)O. The van der Waals surface area contributed by atoms with Gasteiger partial charge >= 0.3 is 5.97 Å². The van der Waals surface area contributed by atoms with Crippen molar-refractivity contribution in [2.24, 2.45) is 66.6 Å². The third-order valence-corrected chi connectivity index (χ3v) is 9.35. The lowest BCUT2D eigenvalue weighted by Crippen LogP contribution is -2.61. The number of carbonyl (C=O) groups excluding carboxylic acids is 6. The Morgan fingerprint density at radius 2 is 0.750 bits per heavy atom. The first-order chi connectivity index (χ1) is 30.1. The number of nitrogens with one attached hydrogen (secondary N) is 6. The number of guanidine groups is 3. The zero-order chi connectivity index (χ0) is 48.8. The van der Waals surface area contributed by atoms with Gasteiger partial charge in [0.15, 0.2) is 17.9 Å². The first-order valence-electron chi connectivity index (χ1n) is 21.2. The van der Waals surface area contributed by atoms with E-state index < -0.39 is 89.8 Å². The van der Waals surface area contributed by atoms with E-state index in [0.29, 0.717) is 32.2 Å². The highest BCUT2D eigenvalue weighted by atomic mass is 16.4. The average Bonchev–Trinajstić information content (AvgIpc) is 3.21. The molecule has 0 radical (unpaired) electrons. The molecule has 0 aromatic rings. The quantitative estimate of drug-likeness (QED) is 0.0162. The van der Waals surface area contributed by atoms with E-state index in [9.17, 15) is 43.8 Å². The van der Waals surface area contributed by atoms with Crippen LogP contribution in [0.3, 0.4) is 0 Å². The highest BCUT2D eigenvalue weighted by molar-refractivity contribution is 5.97. The van der Waals surface area contributed by atoms with Gasteiger partial charge in [-0.05, 0) is 104 Å². The Bertz CT molecular complexity index is 1570. The molecule has 0 fully saturated rings. The molecule has 0 aliphatic rings. The lowest BCUT2D eigenvalue weighted by atomic mass is 10.0. The number of hydrogen-bond donors (Lipinski definition) is 17. The molecule has 0 heterocycles. The summed E-state index contributed by atoms with van der Waals surface area (Å²) in [6, 6.07) is -9.20. The van der Waals surface area contributed by atoms with E-state index in [-0.39, 0.29) is 95.4 Å². The fraction of sp³-hybridized carbons (Fsp3) is 0.730. The number of carboxylic acids is 1. The molecule has 26 N–H and O–H groups in total. The maximum absolute atomic E-state index is 14.0. The van der Waals surface area contributed by atoms with Crippen LogP contribution in [0.1, 0.15) is 90.9 Å². The largest absolute Gasteiger partial charge is 0.480 e. The summed E-state index contributed by atoms with van der Waals surface area (Å²) in [5.41, 5.74) is 49.4. The number of carboxylic acid groups (broad SMARTS) is 1. The van der Waals surface area contributed by atoms with Crippen molar-refractivity contribution >= 4 is 59.3 Å². The van der Waals surface area contributed by atoms with Crippen LogP contribution in [0.15, 0.2) is 15.0 Å². The second-order valence-electron chi connectivity index (χ2n) is 15.1. The van der Waals surface area contributed by atoms with Gasteiger partial charge in [0, 0.05) is 19.6 Å². The third-order valence-electron chi connectivity index (χ3n) is 9.35. The topological polar surface area (TPSA) is 503 Å². The van der Waals surface area contributed by atoms with Crippen LogP contribution in [0.4, 0.5) is 0 Å². The number of aliphatic hydroxyl groups excluding tert-OH is 1. The number of nitrogens with two attached hydrogens (primary N) is 9. The van der Waals surface area contributed by atoms with E-state index in [4.69, 9.17) is 51.6 Å². The molecule has 0 saturated heterocycles. The van der Waals surface area contributed by atoms with Crippen molar-refractivity contribution in [3.8, 4) is 0 Å². The highest BCUT2D eigenvalue weighted by Crippen LogP contribution is 2.10. The number of amides is 6. The van der Waals surface area contributed by atoms with Crippen LogP contribution in [-0.2, 0) is 33.6 Å².